The highest BCUT2D eigenvalue weighted by Gasteiger charge is 2.16. The van der Waals surface area contributed by atoms with Gasteiger partial charge in [-0.3, -0.25) is 9.59 Å². The fraction of sp³-hybridized carbons (Fsp3) is 0.0417. The zero-order valence-corrected chi connectivity index (χ0v) is 16.7. The van der Waals surface area contributed by atoms with Gasteiger partial charge in [0.1, 0.15) is 5.82 Å². The molecule has 0 radical (unpaired) electrons. The topological polar surface area (TPSA) is 76.0 Å². The molecule has 4 rings (SSSR count). The van der Waals surface area contributed by atoms with Crippen molar-refractivity contribution >= 4 is 23.2 Å². The van der Waals surface area contributed by atoms with Crippen LogP contribution in [0.15, 0.2) is 85.1 Å². The maximum absolute atomic E-state index is 13.4. The first-order chi connectivity index (χ1) is 15.0. The summed E-state index contributed by atoms with van der Waals surface area (Å²) < 4.78 is 14.9. The number of amides is 2. The van der Waals surface area contributed by atoms with E-state index in [1.54, 1.807) is 61.7 Å². The van der Waals surface area contributed by atoms with E-state index >= 15 is 0 Å². The zero-order chi connectivity index (χ0) is 21.8. The van der Waals surface area contributed by atoms with Gasteiger partial charge in [0.15, 0.2) is 5.69 Å². The SMILES string of the molecule is Cc1c(NC(=O)c2ccn(-c3cccc(F)c3)n2)cccc1C(=O)Nc1ccccc1. The van der Waals surface area contributed by atoms with Gasteiger partial charge in [0.2, 0.25) is 0 Å². The standard InChI is InChI=1S/C24H19FN4O2/c1-16-20(23(30)26-18-8-3-2-4-9-18)11-6-12-21(16)27-24(31)22-13-14-29(28-22)19-10-5-7-17(25)15-19/h2-15H,1H3,(H,26,30)(H,27,31). The van der Waals surface area contributed by atoms with E-state index in [4.69, 9.17) is 0 Å². The molecule has 154 valence electrons. The lowest BCUT2D eigenvalue weighted by molar-refractivity contribution is 0.101. The van der Waals surface area contributed by atoms with Crippen LogP contribution in [0.4, 0.5) is 15.8 Å². The van der Waals surface area contributed by atoms with E-state index in [0.717, 1.165) is 0 Å². The first-order valence-electron chi connectivity index (χ1n) is 9.60. The normalized spacial score (nSPS) is 10.5. The second-order valence-corrected chi connectivity index (χ2v) is 6.88. The van der Waals surface area contributed by atoms with Crippen LogP contribution in [0.2, 0.25) is 0 Å². The average molecular weight is 414 g/mol. The molecule has 0 bridgehead atoms. The maximum Gasteiger partial charge on any atom is 0.276 e. The van der Waals surface area contributed by atoms with Crippen LogP contribution in [0.5, 0.6) is 0 Å². The molecule has 0 aliphatic heterocycles. The molecule has 0 unspecified atom stereocenters. The Labute approximate surface area is 178 Å². The van der Waals surface area contributed by atoms with Crippen molar-refractivity contribution in [1.29, 1.82) is 0 Å². The third-order valence-corrected chi connectivity index (χ3v) is 4.75. The van der Waals surface area contributed by atoms with Gasteiger partial charge in [-0.05, 0) is 61.0 Å². The summed E-state index contributed by atoms with van der Waals surface area (Å²) in [6, 6.07) is 21.7. The van der Waals surface area contributed by atoms with Gasteiger partial charge in [0.05, 0.1) is 5.69 Å². The number of hydrogen-bond acceptors (Lipinski definition) is 3. The Morgan fingerprint density at radius 2 is 1.65 bits per heavy atom. The number of anilines is 2. The van der Waals surface area contributed by atoms with Gasteiger partial charge in [-0.1, -0.05) is 30.3 Å². The van der Waals surface area contributed by atoms with Crippen LogP contribution in [0.1, 0.15) is 26.4 Å². The fourth-order valence-electron chi connectivity index (χ4n) is 3.13. The molecule has 1 heterocycles. The third-order valence-electron chi connectivity index (χ3n) is 4.75. The van der Waals surface area contributed by atoms with E-state index in [1.165, 1.54) is 16.8 Å². The van der Waals surface area contributed by atoms with E-state index in [2.05, 4.69) is 15.7 Å². The minimum absolute atomic E-state index is 0.169. The molecule has 0 spiro atoms. The number of nitrogens with zero attached hydrogens (tertiary/aromatic N) is 2. The molecule has 2 N–H and O–H groups in total. The zero-order valence-electron chi connectivity index (χ0n) is 16.7. The fourth-order valence-corrected chi connectivity index (χ4v) is 3.13. The van der Waals surface area contributed by atoms with Crippen LogP contribution in [-0.2, 0) is 0 Å². The van der Waals surface area contributed by atoms with Crippen LogP contribution in [0.3, 0.4) is 0 Å². The summed E-state index contributed by atoms with van der Waals surface area (Å²) in [7, 11) is 0. The first-order valence-corrected chi connectivity index (χ1v) is 9.60. The Balaban J connectivity index is 1.51. The molecule has 0 aliphatic carbocycles. The number of rotatable bonds is 5. The summed E-state index contributed by atoms with van der Waals surface area (Å²) in [5.41, 5.74) is 2.95. The van der Waals surface area contributed by atoms with Gasteiger partial charge >= 0.3 is 0 Å². The lowest BCUT2D eigenvalue weighted by atomic mass is 10.1. The molecule has 0 fully saturated rings. The molecule has 2 amide bonds. The lowest BCUT2D eigenvalue weighted by Gasteiger charge is -2.12. The van der Waals surface area contributed by atoms with Crippen LogP contribution in [0, 0.1) is 12.7 Å². The van der Waals surface area contributed by atoms with E-state index in [0.29, 0.717) is 28.2 Å². The van der Waals surface area contributed by atoms with E-state index in [1.807, 2.05) is 18.2 Å². The maximum atomic E-state index is 13.4. The van der Waals surface area contributed by atoms with E-state index in [-0.39, 0.29) is 17.4 Å². The summed E-state index contributed by atoms with van der Waals surface area (Å²) in [5, 5.41) is 9.85. The summed E-state index contributed by atoms with van der Waals surface area (Å²) in [4.78, 5) is 25.3. The van der Waals surface area contributed by atoms with Crippen molar-refractivity contribution in [2.45, 2.75) is 6.92 Å². The van der Waals surface area contributed by atoms with Crippen LogP contribution in [0.25, 0.3) is 5.69 Å². The second-order valence-electron chi connectivity index (χ2n) is 6.88. The number of nitrogens with one attached hydrogen (secondary N) is 2. The molecule has 0 saturated carbocycles. The highest BCUT2D eigenvalue weighted by atomic mass is 19.1. The summed E-state index contributed by atoms with van der Waals surface area (Å²) in [5.74, 6) is -1.09. The number of halogens is 1. The van der Waals surface area contributed by atoms with Gasteiger partial charge in [0, 0.05) is 23.1 Å². The molecule has 31 heavy (non-hydrogen) atoms. The molecule has 1 aromatic heterocycles. The molecule has 3 aromatic carbocycles. The molecule has 0 saturated heterocycles. The minimum atomic E-state index is -0.432. The van der Waals surface area contributed by atoms with Crippen LogP contribution < -0.4 is 10.6 Å². The van der Waals surface area contributed by atoms with E-state index in [9.17, 15) is 14.0 Å². The van der Waals surface area contributed by atoms with Crippen molar-refractivity contribution < 1.29 is 14.0 Å². The minimum Gasteiger partial charge on any atom is -0.322 e. The average Bonchev–Trinajstić information content (AvgIpc) is 3.26. The predicted octanol–water partition coefficient (Wildman–Crippen LogP) is 4.82. The third kappa shape index (κ3) is 4.51. The lowest BCUT2D eigenvalue weighted by Crippen LogP contribution is -2.17. The number of carbonyl (C=O) groups is 2. The number of hydrogen-bond donors (Lipinski definition) is 2. The quantitative estimate of drug-likeness (QED) is 0.491. The van der Waals surface area contributed by atoms with Crippen LogP contribution in [-0.4, -0.2) is 21.6 Å². The summed E-state index contributed by atoms with van der Waals surface area (Å²) in [6.07, 6.45) is 1.58. The van der Waals surface area contributed by atoms with Gasteiger partial charge < -0.3 is 10.6 Å². The smallest absolute Gasteiger partial charge is 0.276 e. The number of para-hydroxylation sites is 1. The number of carbonyl (C=O) groups excluding carboxylic acids is 2. The monoisotopic (exact) mass is 414 g/mol. The Morgan fingerprint density at radius 1 is 0.871 bits per heavy atom. The molecular weight excluding hydrogens is 395 g/mol. The Bertz CT molecular complexity index is 1250. The highest BCUT2D eigenvalue weighted by Crippen LogP contribution is 2.21. The number of benzene rings is 3. The van der Waals surface area contributed by atoms with Crippen molar-refractivity contribution in [2.24, 2.45) is 0 Å². The molecule has 0 atom stereocenters. The van der Waals surface area contributed by atoms with Crippen molar-refractivity contribution in [3.63, 3.8) is 0 Å². The van der Waals surface area contributed by atoms with Crippen molar-refractivity contribution in [3.05, 3.63) is 108 Å². The molecule has 0 aliphatic rings. The predicted molar refractivity (Wildman–Crippen MR) is 117 cm³/mol. The highest BCUT2D eigenvalue weighted by molar-refractivity contribution is 6.08. The number of aromatic nitrogens is 2. The first kappa shape index (κ1) is 20.0. The Morgan fingerprint density at radius 3 is 2.42 bits per heavy atom. The summed E-state index contributed by atoms with van der Waals surface area (Å²) >= 11 is 0. The Kier molecular flexibility index (Phi) is 5.57. The molecule has 4 aromatic rings. The summed E-state index contributed by atoms with van der Waals surface area (Å²) in [6.45, 7) is 1.76. The molecular formula is C24H19FN4O2. The largest absolute Gasteiger partial charge is 0.322 e. The van der Waals surface area contributed by atoms with Gasteiger partial charge in [0.25, 0.3) is 11.8 Å². The molecule has 7 heteroatoms. The van der Waals surface area contributed by atoms with Gasteiger partial charge in [-0.2, -0.15) is 5.10 Å². The molecule has 6 nitrogen and oxygen atoms in total. The Hall–Kier alpha value is -4.26. The van der Waals surface area contributed by atoms with E-state index < -0.39 is 5.91 Å². The van der Waals surface area contributed by atoms with Gasteiger partial charge in [-0.15, -0.1) is 0 Å². The van der Waals surface area contributed by atoms with Crippen molar-refractivity contribution in [3.8, 4) is 5.69 Å². The van der Waals surface area contributed by atoms with Crippen LogP contribution >= 0.6 is 0 Å². The second kappa shape index (κ2) is 8.62. The van der Waals surface area contributed by atoms with Crippen molar-refractivity contribution in [2.75, 3.05) is 10.6 Å². The van der Waals surface area contributed by atoms with Gasteiger partial charge in [-0.25, -0.2) is 9.07 Å². The van der Waals surface area contributed by atoms with Crippen molar-refractivity contribution in [1.82, 2.24) is 9.78 Å².